The van der Waals surface area contributed by atoms with E-state index in [-0.39, 0.29) is 0 Å². The Morgan fingerprint density at radius 1 is 1.50 bits per heavy atom. The van der Waals surface area contributed by atoms with Crippen LogP contribution in [-0.4, -0.2) is 29.6 Å². The van der Waals surface area contributed by atoms with Crippen molar-refractivity contribution in [1.82, 2.24) is 9.97 Å². The molecule has 0 radical (unpaired) electrons. The minimum Gasteiger partial charge on any atom is -0.373 e. The van der Waals surface area contributed by atoms with E-state index in [0.29, 0.717) is 17.9 Å². The van der Waals surface area contributed by atoms with Gasteiger partial charge >= 0.3 is 0 Å². The molecule has 1 fully saturated rings. The van der Waals surface area contributed by atoms with Gasteiger partial charge in [0.05, 0.1) is 0 Å². The number of aromatic nitrogens is 2. The first-order valence-corrected chi connectivity index (χ1v) is 6.69. The quantitative estimate of drug-likeness (QED) is 0.855. The molecule has 1 aromatic heterocycles. The van der Waals surface area contributed by atoms with Gasteiger partial charge in [-0.3, -0.25) is 0 Å². The van der Waals surface area contributed by atoms with E-state index in [1.54, 1.807) is 0 Å². The SMILES string of the molecule is CNc1cc(N2CCCC2CC(C)C)nc(N)n1. The number of hydrogen-bond acceptors (Lipinski definition) is 5. The largest absolute Gasteiger partial charge is 0.373 e. The fourth-order valence-electron chi connectivity index (χ4n) is 2.65. The van der Waals surface area contributed by atoms with E-state index in [4.69, 9.17) is 5.73 Å². The van der Waals surface area contributed by atoms with E-state index in [2.05, 4.69) is 34.0 Å². The Labute approximate surface area is 109 Å². The standard InChI is InChI=1S/C13H23N5/c1-9(2)7-10-5-4-6-18(10)12-8-11(15-3)16-13(14)17-12/h8-10H,4-7H2,1-3H3,(H3,14,15,16,17). The molecule has 5 heteroatoms. The van der Waals surface area contributed by atoms with E-state index >= 15 is 0 Å². The average Bonchev–Trinajstić information content (AvgIpc) is 2.75. The summed E-state index contributed by atoms with van der Waals surface area (Å²) in [7, 11) is 1.85. The average molecular weight is 249 g/mol. The van der Waals surface area contributed by atoms with Crippen LogP contribution in [0.25, 0.3) is 0 Å². The van der Waals surface area contributed by atoms with Crippen LogP contribution in [0.2, 0.25) is 0 Å². The first-order valence-electron chi connectivity index (χ1n) is 6.69. The summed E-state index contributed by atoms with van der Waals surface area (Å²) in [6.07, 6.45) is 3.69. The van der Waals surface area contributed by atoms with Gasteiger partial charge in [-0.05, 0) is 25.2 Å². The molecule has 1 aromatic rings. The zero-order valence-corrected chi connectivity index (χ0v) is 11.5. The number of nitrogens with two attached hydrogens (primary N) is 1. The Bertz CT molecular complexity index is 404. The fraction of sp³-hybridized carbons (Fsp3) is 0.692. The van der Waals surface area contributed by atoms with Crippen molar-refractivity contribution >= 4 is 17.6 Å². The summed E-state index contributed by atoms with van der Waals surface area (Å²) in [4.78, 5) is 10.9. The van der Waals surface area contributed by atoms with E-state index in [1.807, 2.05) is 13.1 Å². The van der Waals surface area contributed by atoms with E-state index < -0.39 is 0 Å². The summed E-state index contributed by atoms with van der Waals surface area (Å²) in [5.41, 5.74) is 5.76. The van der Waals surface area contributed by atoms with Crippen LogP contribution >= 0.6 is 0 Å². The summed E-state index contributed by atoms with van der Waals surface area (Å²) in [5, 5.41) is 3.03. The number of rotatable bonds is 4. The number of hydrogen-bond donors (Lipinski definition) is 2. The zero-order valence-electron chi connectivity index (χ0n) is 11.5. The molecule has 1 aliphatic heterocycles. The first-order chi connectivity index (χ1) is 8.60. The number of nitrogens with one attached hydrogen (secondary N) is 1. The Hall–Kier alpha value is -1.52. The van der Waals surface area contributed by atoms with E-state index in [1.165, 1.54) is 19.3 Å². The van der Waals surface area contributed by atoms with E-state index in [0.717, 1.165) is 18.2 Å². The van der Waals surface area contributed by atoms with Gasteiger partial charge in [0.1, 0.15) is 11.6 Å². The molecule has 1 aliphatic rings. The van der Waals surface area contributed by atoms with Crippen molar-refractivity contribution in [2.75, 3.05) is 29.5 Å². The summed E-state index contributed by atoms with van der Waals surface area (Å²) >= 11 is 0. The second kappa shape index (κ2) is 5.42. The number of nitrogen functional groups attached to an aromatic ring is 1. The molecule has 1 saturated heterocycles. The summed E-state index contributed by atoms with van der Waals surface area (Å²) < 4.78 is 0. The molecule has 2 heterocycles. The smallest absolute Gasteiger partial charge is 0.223 e. The van der Waals surface area contributed by atoms with Crippen LogP contribution in [0.5, 0.6) is 0 Å². The number of anilines is 3. The molecule has 0 spiro atoms. The minimum atomic E-state index is 0.340. The van der Waals surface area contributed by atoms with Crippen molar-refractivity contribution in [1.29, 1.82) is 0 Å². The van der Waals surface area contributed by atoms with Crippen molar-refractivity contribution in [3.8, 4) is 0 Å². The third-order valence-electron chi connectivity index (χ3n) is 3.40. The normalized spacial score (nSPS) is 19.6. The second-order valence-corrected chi connectivity index (χ2v) is 5.34. The van der Waals surface area contributed by atoms with Crippen molar-refractivity contribution in [2.45, 2.75) is 39.2 Å². The zero-order chi connectivity index (χ0) is 13.1. The second-order valence-electron chi connectivity index (χ2n) is 5.34. The molecule has 0 bridgehead atoms. The summed E-state index contributed by atoms with van der Waals surface area (Å²) in [5.74, 6) is 2.79. The van der Waals surface area contributed by atoms with Gasteiger partial charge in [0.2, 0.25) is 5.95 Å². The highest BCUT2D eigenvalue weighted by Gasteiger charge is 2.26. The fourth-order valence-corrected chi connectivity index (χ4v) is 2.65. The summed E-state index contributed by atoms with van der Waals surface area (Å²) in [6.45, 7) is 5.60. The van der Waals surface area contributed by atoms with Crippen LogP contribution in [0.3, 0.4) is 0 Å². The van der Waals surface area contributed by atoms with Gasteiger partial charge in [0, 0.05) is 25.7 Å². The molecule has 1 unspecified atom stereocenters. The van der Waals surface area contributed by atoms with Crippen LogP contribution in [-0.2, 0) is 0 Å². The Morgan fingerprint density at radius 2 is 2.28 bits per heavy atom. The third-order valence-corrected chi connectivity index (χ3v) is 3.40. The lowest BCUT2D eigenvalue weighted by Crippen LogP contribution is -2.31. The van der Waals surface area contributed by atoms with Gasteiger partial charge in [-0.2, -0.15) is 9.97 Å². The molecule has 100 valence electrons. The van der Waals surface area contributed by atoms with Gasteiger partial charge in [-0.1, -0.05) is 13.8 Å². The van der Waals surface area contributed by atoms with Gasteiger partial charge < -0.3 is 16.0 Å². The molecule has 5 nitrogen and oxygen atoms in total. The third kappa shape index (κ3) is 2.83. The molecule has 1 atom stereocenters. The molecule has 0 aromatic carbocycles. The van der Waals surface area contributed by atoms with Crippen molar-refractivity contribution < 1.29 is 0 Å². The van der Waals surface area contributed by atoms with Crippen LogP contribution in [0.15, 0.2) is 6.07 Å². The monoisotopic (exact) mass is 249 g/mol. The Balaban J connectivity index is 2.21. The van der Waals surface area contributed by atoms with Crippen LogP contribution in [0, 0.1) is 5.92 Å². The maximum atomic E-state index is 5.76. The molecule has 3 N–H and O–H groups in total. The Kier molecular flexibility index (Phi) is 3.89. The predicted molar refractivity (Wildman–Crippen MR) is 75.8 cm³/mol. The van der Waals surface area contributed by atoms with Crippen LogP contribution in [0.4, 0.5) is 17.6 Å². The lowest BCUT2D eigenvalue weighted by atomic mass is 10.0. The van der Waals surface area contributed by atoms with Gasteiger partial charge in [0.15, 0.2) is 0 Å². The predicted octanol–water partition coefficient (Wildman–Crippen LogP) is 2.12. The topological polar surface area (TPSA) is 67.1 Å². The van der Waals surface area contributed by atoms with Crippen molar-refractivity contribution in [3.05, 3.63) is 6.07 Å². The van der Waals surface area contributed by atoms with Crippen LogP contribution < -0.4 is 16.0 Å². The highest BCUT2D eigenvalue weighted by Crippen LogP contribution is 2.29. The van der Waals surface area contributed by atoms with Crippen molar-refractivity contribution in [3.63, 3.8) is 0 Å². The molecule has 0 amide bonds. The highest BCUT2D eigenvalue weighted by molar-refractivity contribution is 5.53. The van der Waals surface area contributed by atoms with Crippen LogP contribution in [0.1, 0.15) is 33.1 Å². The van der Waals surface area contributed by atoms with Gasteiger partial charge in [-0.15, -0.1) is 0 Å². The Morgan fingerprint density at radius 3 is 2.94 bits per heavy atom. The van der Waals surface area contributed by atoms with E-state index in [9.17, 15) is 0 Å². The maximum absolute atomic E-state index is 5.76. The molecule has 18 heavy (non-hydrogen) atoms. The molecule has 2 rings (SSSR count). The molecule has 0 saturated carbocycles. The first kappa shape index (κ1) is 12.9. The van der Waals surface area contributed by atoms with Crippen molar-refractivity contribution in [2.24, 2.45) is 5.92 Å². The molecular formula is C13H23N5. The van der Waals surface area contributed by atoms with Gasteiger partial charge in [-0.25, -0.2) is 0 Å². The van der Waals surface area contributed by atoms with Gasteiger partial charge in [0.25, 0.3) is 0 Å². The molecule has 0 aliphatic carbocycles. The summed E-state index contributed by atoms with van der Waals surface area (Å²) in [6, 6.07) is 2.57. The molecular weight excluding hydrogens is 226 g/mol. The lowest BCUT2D eigenvalue weighted by molar-refractivity contribution is 0.492. The lowest BCUT2D eigenvalue weighted by Gasteiger charge is -2.27. The maximum Gasteiger partial charge on any atom is 0.223 e. The minimum absolute atomic E-state index is 0.340. The number of nitrogens with zero attached hydrogens (tertiary/aromatic N) is 3. The highest BCUT2D eigenvalue weighted by atomic mass is 15.3.